The molecule has 1 aliphatic heterocycles. The van der Waals surface area contributed by atoms with Gasteiger partial charge in [-0.3, -0.25) is 0 Å². The third-order valence-electron chi connectivity index (χ3n) is 3.13. The lowest BCUT2D eigenvalue weighted by molar-refractivity contribution is 0.132. The van der Waals surface area contributed by atoms with E-state index in [0.717, 1.165) is 13.0 Å². The van der Waals surface area contributed by atoms with E-state index >= 15 is 0 Å². The molecule has 0 unspecified atom stereocenters. The van der Waals surface area contributed by atoms with E-state index in [1.165, 1.54) is 5.56 Å². The molecule has 0 amide bonds. The lowest BCUT2D eigenvalue weighted by Crippen LogP contribution is -2.36. The summed E-state index contributed by atoms with van der Waals surface area (Å²) in [5.41, 5.74) is 1.32. The Balaban J connectivity index is 1.97. The van der Waals surface area contributed by atoms with Crippen LogP contribution in [0.15, 0.2) is 43.0 Å². The molecule has 2 rings (SSSR count). The Morgan fingerprint density at radius 1 is 1.44 bits per heavy atom. The first-order valence-corrected chi connectivity index (χ1v) is 5.86. The van der Waals surface area contributed by atoms with Gasteiger partial charge in [0.1, 0.15) is 0 Å². The van der Waals surface area contributed by atoms with E-state index < -0.39 is 0 Å². The van der Waals surface area contributed by atoms with Gasteiger partial charge in [0, 0.05) is 18.7 Å². The van der Waals surface area contributed by atoms with Crippen LogP contribution in [-0.2, 0) is 4.74 Å². The van der Waals surface area contributed by atoms with Gasteiger partial charge in [-0.2, -0.15) is 0 Å². The molecule has 1 aliphatic rings. The minimum Gasteiger partial charge on any atom is -0.372 e. The summed E-state index contributed by atoms with van der Waals surface area (Å²) in [6.07, 6.45) is 3.11. The number of benzene rings is 1. The van der Waals surface area contributed by atoms with Gasteiger partial charge in [0.05, 0.1) is 6.10 Å². The second-order valence-electron chi connectivity index (χ2n) is 4.27. The van der Waals surface area contributed by atoms with Crippen molar-refractivity contribution in [2.24, 2.45) is 0 Å². The van der Waals surface area contributed by atoms with Crippen LogP contribution in [0.1, 0.15) is 24.9 Å². The molecule has 0 radical (unpaired) electrons. The second-order valence-corrected chi connectivity index (χ2v) is 4.27. The summed E-state index contributed by atoms with van der Waals surface area (Å²) in [7, 11) is 0. The molecule has 86 valence electrons. The van der Waals surface area contributed by atoms with Gasteiger partial charge < -0.3 is 10.1 Å². The van der Waals surface area contributed by atoms with Crippen LogP contribution in [0.4, 0.5) is 0 Å². The summed E-state index contributed by atoms with van der Waals surface area (Å²) in [6, 6.07) is 11.2. The van der Waals surface area contributed by atoms with Gasteiger partial charge in [0.15, 0.2) is 0 Å². The zero-order valence-corrected chi connectivity index (χ0v) is 9.73. The molecule has 1 saturated heterocycles. The van der Waals surface area contributed by atoms with Crippen molar-refractivity contribution in [1.29, 1.82) is 0 Å². The molecule has 1 aromatic rings. The Morgan fingerprint density at radius 2 is 2.19 bits per heavy atom. The van der Waals surface area contributed by atoms with E-state index in [1.54, 1.807) is 0 Å². The van der Waals surface area contributed by atoms with Crippen molar-refractivity contribution >= 4 is 0 Å². The van der Waals surface area contributed by atoms with E-state index in [4.69, 9.17) is 4.74 Å². The van der Waals surface area contributed by atoms with Crippen molar-refractivity contribution in [2.45, 2.75) is 31.5 Å². The van der Waals surface area contributed by atoms with Crippen LogP contribution in [0, 0.1) is 0 Å². The van der Waals surface area contributed by atoms with Gasteiger partial charge in [-0.15, -0.1) is 6.58 Å². The summed E-state index contributed by atoms with van der Waals surface area (Å²) in [6.45, 7) is 6.83. The summed E-state index contributed by atoms with van der Waals surface area (Å²) in [5, 5.41) is 3.60. The zero-order valence-electron chi connectivity index (χ0n) is 9.73. The molecule has 0 aliphatic carbocycles. The third kappa shape index (κ3) is 2.52. The fourth-order valence-electron chi connectivity index (χ4n) is 2.18. The normalized spacial score (nSPS) is 26.6. The fraction of sp³-hybridized carbons (Fsp3) is 0.429. The van der Waals surface area contributed by atoms with Gasteiger partial charge in [-0.25, -0.2) is 0 Å². The smallest absolute Gasteiger partial charge is 0.0907 e. The zero-order chi connectivity index (χ0) is 11.4. The molecule has 0 spiro atoms. The average Bonchev–Trinajstić information content (AvgIpc) is 2.77. The Bertz CT molecular complexity index is 336. The highest BCUT2D eigenvalue weighted by Crippen LogP contribution is 2.19. The number of ether oxygens (including phenoxy) is 1. The topological polar surface area (TPSA) is 21.3 Å². The predicted octanol–water partition coefficient (Wildman–Crippen LogP) is 2.68. The molecule has 0 saturated carbocycles. The summed E-state index contributed by atoms with van der Waals surface area (Å²) >= 11 is 0. The quantitative estimate of drug-likeness (QED) is 0.783. The Kier molecular flexibility index (Phi) is 3.75. The largest absolute Gasteiger partial charge is 0.372 e. The minimum atomic E-state index is 0.158. The van der Waals surface area contributed by atoms with E-state index in [9.17, 15) is 0 Å². The first-order chi connectivity index (χ1) is 7.81. The molecule has 0 aromatic heterocycles. The first-order valence-electron chi connectivity index (χ1n) is 5.86. The van der Waals surface area contributed by atoms with Gasteiger partial charge >= 0.3 is 0 Å². The van der Waals surface area contributed by atoms with Gasteiger partial charge in [-0.05, 0) is 18.9 Å². The Hall–Kier alpha value is -1.12. The number of rotatable bonds is 4. The molecule has 1 N–H and O–H groups in total. The van der Waals surface area contributed by atoms with E-state index in [1.807, 2.05) is 12.1 Å². The van der Waals surface area contributed by atoms with Crippen LogP contribution in [0.3, 0.4) is 0 Å². The minimum absolute atomic E-state index is 0.158. The standard InChI is InChI=1S/C14H19NO/c1-3-14-13(9-10-16-14)15-11(2)12-7-5-4-6-8-12/h3-8,11,13-15H,1,9-10H2,2H3/t11-,13+,14-/m1/s1. The molecule has 1 fully saturated rings. The van der Waals surface area contributed by atoms with Gasteiger partial charge in [0.25, 0.3) is 0 Å². The molecule has 2 heteroatoms. The molecule has 16 heavy (non-hydrogen) atoms. The van der Waals surface area contributed by atoms with Crippen molar-refractivity contribution < 1.29 is 4.74 Å². The summed E-state index contributed by atoms with van der Waals surface area (Å²) in [4.78, 5) is 0. The number of nitrogens with one attached hydrogen (secondary N) is 1. The maximum absolute atomic E-state index is 5.57. The number of hydrogen-bond donors (Lipinski definition) is 1. The van der Waals surface area contributed by atoms with Crippen molar-refractivity contribution in [1.82, 2.24) is 5.32 Å². The van der Waals surface area contributed by atoms with Gasteiger partial charge in [-0.1, -0.05) is 36.4 Å². The van der Waals surface area contributed by atoms with Crippen LogP contribution in [0.2, 0.25) is 0 Å². The van der Waals surface area contributed by atoms with E-state index in [-0.39, 0.29) is 6.10 Å². The molecule has 3 atom stereocenters. The van der Waals surface area contributed by atoms with Crippen LogP contribution in [-0.4, -0.2) is 18.8 Å². The Morgan fingerprint density at radius 3 is 2.88 bits per heavy atom. The van der Waals surface area contributed by atoms with Crippen molar-refractivity contribution in [3.63, 3.8) is 0 Å². The molecule has 2 nitrogen and oxygen atoms in total. The fourth-order valence-corrected chi connectivity index (χ4v) is 2.18. The highest BCUT2D eigenvalue weighted by atomic mass is 16.5. The van der Waals surface area contributed by atoms with Crippen molar-refractivity contribution in [3.05, 3.63) is 48.6 Å². The highest BCUT2D eigenvalue weighted by Gasteiger charge is 2.26. The third-order valence-corrected chi connectivity index (χ3v) is 3.13. The van der Waals surface area contributed by atoms with E-state index in [0.29, 0.717) is 12.1 Å². The number of hydrogen-bond acceptors (Lipinski definition) is 2. The molecule has 0 bridgehead atoms. The van der Waals surface area contributed by atoms with Crippen LogP contribution < -0.4 is 5.32 Å². The Labute approximate surface area is 97.3 Å². The van der Waals surface area contributed by atoms with Crippen LogP contribution in [0.25, 0.3) is 0 Å². The lowest BCUT2D eigenvalue weighted by atomic mass is 10.0. The predicted molar refractivity (Wildman–Crippen MR) is 66.3 cm³/mol. The van der Waals surface area contributed by atoms with Crippen molar-refractivity contribution in [2.75, 3.05) is 6.61 Å². The first kappa shape index (κ1) is 11.4. The van der Waals surface area contributed by atoms with Crippen LogP contribution in [0.5, 0.6) is 0 Å². The molecule has 1 aromatic carbocycles. The summed E-state index contributed by atoms with van der Waals surface area (Å²) < 4.78 is 5.57. The molecule has 1 heterocycles. The second kappa shape index (κ2) is 5.28. The maximum Gasteiger partial charge on any atom is 0.0907 e. The molecular formula is C14H19NO. The van der Waals surface area contributed by atoms with Crippen LogP contribution >= 0.6 is 0 Å². The average molecular weight is 217 g/mol. The van der Waals surface area contributed by atoms with Gasteiger partial charge in [0.2, 0.25) is 0 Å². The summed E-state index contributed by atoms with van der Waals surface area (Å²) in [5.74, 6) is 0. The highest BCUT2D eigenvalue weighted by molar-refractivity contribution is 5.18. The maximum atomic E-state index is 5.57. The van der Waals surface area contributed by atoms with Crippen molar-refractivity contribution in [3.8, 4) is 0 Å². The molecular weight excluding hydrogens is 198 g/mol. The SMILES string of the molecule is C=C[C@H]1OCC[C@@H]1N[C@H](C)c1ccccc1. The van der Waals surface area contributed by atoms with E-state index in [2.05, 4.69) is 43.1 Å². The monoisotopic (exact) mass is 217 g/mol. The lowest BCUT2D eigenvalue weighted by Gasteiger charge is -2.22.